The summed E-state index contributed by atoms with van der Waals surface area (Å²) in [5.74, 6) is 0.863. The number of amidine groups is 1. The number of aromatic nitrogens is 3. The Balaban J connectivity index is 1.47. The van der Waals surface area contributed by atoms with Crippen LogP contribution < -0.4 is 11.3 Å². The summed E-state index contributed by atoms with van der Waals surface area (Å²) in [5.41, 5.74) is 9.33. The van der Waals surface area contributed by atoms with E-state index in [-0.39, 0.29) is 11.4 Å². The first-order chi connectivity index (χ1) is 16.2. The fraction of sp³-hybridized carbons (Fsp3) is 0.0400. The zero-order valence-corrected chi connectivity index (χ0v) is 18.3. The van der Waals surface area contributed by atoms with E-state index in [4.69, 9.17) is 10.2 Å². The van der Waals surface area contributed by atoms with E-state index in [1.54, 1.807) is 35.5 Å². The number of thiazole rings is 1. The maximum absolute atomic E-state index is 12.6. The van der Waals surface area contributed by atoms with Crippen LogP contribution in [0.25, 0.3) is 21.9 Å². The Morgan fingerprint density at radius 1 is 1.06 bits per heavy atom. The van der Waals surface area contributed by atoms with Crippen LogP contribution in [0.2, 0.25) is 0 Å². The lowest BCUT2D eigenvalue weighted by Gasteiger charge is -2.07. The predicted octanol–water partition coefficient (Wildman–Crippen LogP) is 4.71. The van der Waals surface area contributed by atoms with Crippen molar-refractivity contribution in [2.24, 2.45) is 10.7 Å². The third-order valence-electron chi connectivity index (χ3n) is 5.02. The summed E-state index contributed by atoms with van der Waals surface area (Å²) >= 11 is 1.39. The van der Waals surface area contributed by atoms with E-state index in [1.807, 2.05) is 54.6 Å². The van der Waals surface area contributed by atoms with E-state index in [9.17, 15) is 4.79 Å². The quantitative estimate of drug-likeness (QED) is 0.296. The highest BCUT2D eigenvalue weighted by Gasteiger charge is 2.17. The Labute approximate surface area is 193 Å². The maximum Gasteiger partial charge on any atom is 0.251 e. The van der Waals surface area contributed by atoms with Crippen LogP contribution in [-0.2, 0) is 6.54 Å². The van der Waals surface area contributed by atoms with E-state index in [0.29, 0.717) is 28.7 Å². The van der Waals surface area contributed by atoms with Crippen LogP contribution in [0.4, 0.5) is 5.13 Å². The lowest BCUT2D eigenvalue weighted by molar-refractivity contribution is 0.580. The largest absolute Gasteiger partial charge is 0.463 e. The molecule has 7 nitrogen and oxygen atoms in total. The molecule has 1 aromatic carbocycles. The summed E-state index contributed by atoms with van der Waals surface area (Å²) in [7, 11) is 0. The van der Waals surface area contributed by atoms with Crippen LogP contribution in [0, 0.1) is 0 Å². The SMILES string of the molecule is NC(=Nc1nc(-c2ccco2)c(-c2ccncc2)s1)c1ccn(Cc2ccccc2)c(=O)c1. The Hall–Kier alpha value is -4.30. The van der Waals surface area contributed by atoms with E-state index >= 15 is 0 Å². The van der Waals surface area contributed by atoms with Gasteiger partial charge in [0.2, 0.25) is 5.13 Å². The minimum atomic E-state index is -0.151. The van der Waals surface area contributed by atoms with E-state index < -0.39 is 0 Å². The van der Waals surface area contributed by atoms with E-state index in [0.717, 1.165) is 16.0 Å². The number of pyridine rings is 2. The third-order valence-corrected chi connectivity index (χ3v) is 6.01. The maximum atomic E-state index is 12.6. The van der Waals surface area contributed by atoms with Crippen LogP contribution in [0.1, 0.15) is 11.1 Å². The number of nitrogens with zero attached hydrogens (tertiary/aromatic N) is 4. The molecule has 0 aliphatic heterocycles. The number of benzene rings is 1. The first-order valence-electron chi connectivity index (χ1n) is 10.2. The molecule has 0 aliphatic rings. The van der Waals surface area contributed by atoms with Crippen LogP contribution in [0.15, 0.2) is 106 Å². The highest BCUT2D eigenvalue weighted by Crippen LogP contribution is 2.40. The summed E-state index contributed by atoms with van der Waals surface area (Å²) in [6.07, 6.45) is 6.78. The van der Waals surface area contributed by atoms with Crippen molar-refractivity contribution >= 4 is 22.3 Å². The predicted molar refractivity (Wildman–Crippen MR) is 130 cm³/mol. The number of nitrogens with two attached hydrogens (primary N) is 1. The van der Waals surface area contributed by atoms with E-state index in [1.165, 1.54) is 17.4 Å². The Morgan fingerprint density at radius 3 is 2.61 bits per heavy atom. The highest BCUT2D eigenvalue weighted by molar-refractivity contribution is 7.19. The van der Waals surface area contributed by atoms with Gasteiger partial charge >= 0.3 is 0 Å². The second-order valence-electron chi connectivity index (χ2n) is 7.25. The first-order valence-corrected chi connectivity index (χ1v) is 11.0. The summed E-state index contributed by atoms with van der Waals surface area (Å²) in [4.78, 5) is 26.7. The molecular weight excluding hydrogens is 434 g/mol. The summed E-state index contributed by atoms with van der Waals surface area (Å²) in [6, 6.07) is 20.6. The molecule has 0 aliphatic carbocycles. The molecule has 4 aromatic heterocycles. The minimum absolute atomic E-state index is 0.151. The third kappa shape index (κ3) is 4.51. The number of aliphatic imine (C=N–C) groups is 1. The second kappa shape index (κ2) is 9.05. The summed E-state index contributed by atoms with van der Waals surface area (Å²) in [6.45, 7) is 0.491. The molecule has 162 valence electrons. The van der Waals surface area contributed by atoms with Crippen LogP contribution in [0.3, 0.4) is 0 Å². The number of hydrogen-bond acceptors (Lipinski definition) is 6. The molecule has 5 rings (SSSR count). The van der Waals surface area contributed by atoms with Gasteiger partial charge in [0, 0.05) is 30.2 Å². The lowest BCUT2D eigenvalue weighted by atomic mass is 10.2. The zero-order chi connectivity index (χ0) is 22.6. The topological polar surface area (TPSA) is 99.3 Å². The number of hydrogen-bond donors (Lipinski definition) is 1. The number of furan rings is 1. The Kier molecular flexibility index (Phi) is 5.65. The molecule has 8 heteroatoms. The molecule has 0 bridgehead atoms. The van der Waals surface area contributed by atoms with Crippen LogP contribution in [0.5, 0.6) is 0 Å². The molecule has 0 spiro atoms. The van der Waals surface area contributed by atoms with Gasteiger partial charge in [-0.1, -0.05) is 41.7 Å². The van der Waals surface area contributed by atoms with Crippen molar-refractivity contribution in [1.82, 2.24) is 14.5 Å². The first kappa shape index (κ1) is 20.6. The van der Waals surface area contributed by atoms with Crippen LogP contribution >= 0.6 is 11.3 Å². The van der Waals surface area contributed by atoms with E-state index in [2.05, 4.69) is 15.0 Å². The van der Waals surface area contributed by atoms with Gasteiger partial charge in [-0.2, -0.15) is 0 Å². The van der Waals surface area contributed by atoms with Crippen molar-refractivity contribution in [3.63, 3.8) is 0 Å². The van der Waals surface area contributed by atoms with Crippen LogP contribution in [-0.4, -0.2) is 20.4 Å². The molecule has 0 saturated carbocycles. The Bertz CT molecular complexity index is 1460. The van der Waals surface area contributed by atoms with Crippen molar-refractivity contribution < 1.29 is 4.42 Å². The van der Waals surface area contributed by atoms with Gasteiger partial charge in [0.15, 0.2) is 5.76 Å². The summed E-state index contributed by atoms with van der Waals surface area (Å²) in [5, 5.41) is 0.471. The van der Waals surface area contributed by atoms with Gasteiger partial charge < -0.3 is 14.7 Å². The van der Waals surface area contributed by atoms with Crippen molar-refractivity contribution in [2.45, 2.75) is 6.54 Å². The van der Waals surface area contributed by atoms with Gasteiger partial charge in [0.25, 0.3) is 5.56 Å². The molecule has 0 fully saturated rings. The molecule has 5 aromatic rings. The minimum Gasteiger partial charge on any atom is -0.463 e. The Morgan fingerprint density at radius 2 is 1.88 bits per heavy atom. The molecule has 2 N–H and O–H groups in total. The standard InChI is InChI=1S/C25H19N5O2S/c26-24(19-10-13-30(21(31)15-19)16-17-5-2-1-3-6-17)29-25-28-22(20-7-4-14-32-20)23(33-25)18-8-11-27-12-9-18/h1-15H,16H2,(H2,26,28,29). The monoisotopic (exact) mass is 453 g/mol. The summed E-state index contributed by atoms with van der Waals surface area (Å²) < 4.78 is 7.20. The van der Waals surface area contributed by atoms with Gasteiger partial charge in [0.1, 0.15) is 11.5 Å². The van der Waals surface area contributed by atoms with Gasteiger partial charge in [-0.3, -0.25) is 9.78 Å². The molecule has 33 heavy (non-hydrogen) atoms. The fourth-order valence-corrected chi connectivity index (χ4v) is 4.34. The molecular formula is C25H19N5O2S. The molecule has 4 heterocycles. The molecule has 0 unspecified atom stereocenters. The molecule has 0 saturated heterocycles. The highest BCUT2D eigenvalue weighted by atomic mass is 32.1. The van der Waals surface area contributed by atoms with Gasteiger partial charge in [0.05, 0.1) is 17.7 Å². The molecule has 0 atom stereocenters. The average Bonchev–Trinajstić information content (AvgIpc) is 3.52. The average molecular weight is 454 g/mol. The zero-order valence-electron chi connectivity index (χ0n) is 17.5. The number of rotatable bonds is 6. The molecule has 0 radical (unpaired) electrons. The molecule has 0 amide bonds. The normalized spacial score (nSPS) is 11.6. The van der Waals surface area contributed by atoms with Crippen molar-refractivity contribution in [2.75, 3.05) is 0 Å². The second-order valence-corrected chi connectivity index (χ2v) is 8.23. The van der Waals surface area contributed by atoms with Gasteiger partial charge in [-0.15, -0.1) is 0 Å². The van der Waals surface area contributed by atoms with Crippen molar-refractivity contribution in [3.8, 4) is 21.9 Å². The smallest absolute Gasteiger partial charge is 0.251 e. The lowest BCUT2D eigenvalue weighted by Crippen LogP contribution is -2.23. The van der Waals surface area contributed by atoms with Crippen molar-refractivity contribution in [3.05, 3.63) is 113 Å². The van der Waals surface area contributed by atoms with Gasteiger partial charge in [-0.05, 0) is 41.5 Å². The fourth-order valence-electron chi connectivity index (χ4n) is 3.38. The van der Waals surface area contributed by atoms with Crippen molar-refractivity contribution in [1.29, 1.82) is 0 Å². The van der Waals surface area contributed by atoms with Gasteiger partial charge in [-0.25, -0.2) is 9.98 Å².